The number of oxime groups is 2. The van der Waals surface area contributed by atoms with Crippen LogP contribution in [0.3, 0.4) is 0 Å². The fourth-order valence-corrected chi connectivity index (χ4v) is 1.62. The summed E-state index contributed by atoms with van der Waals surface area (Å²) in [4.78, 5) is 44.4. The second kappa shape index (κ2) is 14.9. The highest BCUT2D eigenvalue weighted by atomic mass is 16.4. The summed E-state index contributed by atoms with van der Waals surface area (Å²) in [7, 11) is 0. The molecule has 160 valence electrons. The molecule has 0 aliphatic carbocycles. The molecule has 0 aromatic heterocycles. The fraction of sp³-hybridized carbons (Fsp3) is 0.571. The van der Waals surface area contributed by atoms with Crippen molar-refractivity contribution in [1.29, 1.82) is 0 Å². The maximum atomic E-state index is 10.6. The monoisotopic (exact) mass is 408 g/mol. The van der Waals surface area contributed by atoms with Gasteiger partial charge in [0, 0.05) is 13.1 Å². The third kappa shape index (κ3) is 16.2. The molecule has 14 nitrogen and oxygen atoms in total. The van der Waals surface area contributed by atoms with E-state index in [9.17, 15) is 19.2 Å². The Labute approximate surface area is 159 Å². The highest BCUT2D eigenvalue weighted by molar-refractivity contribution is 6.40. The number of hydrogen-bond donors (Lipinski definition) is 6. The van der Waals surface area contributed by atoms with E-state index < -0.39 is 50.1 Å². The Morgan fingerprint density at radius 2 is 0.821 bits per heavy atom. The molecule has 0 fully saturated rings. The van der Waals surface area contributed by atoms with Gasteiger partial charge in [0.2, 0.25) is 0 Å². The maximum Gasteiger partial charge on any atom is 0.317 e. The zero-order chi connectivity index (χ0) is 22.3. The predicted octanol–water partition coefficient (Wildman–Crippen LogP) is -1.38. The minimum atomic E-state index is -1.23. The van der Waals surface area contributed by atoms with Gasteiger partial charge in [-0.2, -0.15) is 0 Å². The van der Waals surface area contributed by atoms with E-state index >= 15 is 0 Å². The number of aliphatic carboxylic acids is 4. The first-order valence-electron chi connectivity index (χ1n) is 7.62. The molecule has 0 radical (unpaired) electrons. The third-order valence-electron chi connectivity index (χ3n) is 2.99. The van der Waals surface area contributed by atoms with Crippen LogP contribution in [-0.2, 0) is 19.2 Å². The summed E-state index contributed by atoms with van der Waals surface area (Å²) in [5.74, 6) is -4.91. The van der Waals surface area contributed by atoms with Crippen LogP contribution in [0.25, 0.3) is 0 Å². The fourth-order valence-electron chi connectivity index (χ4n) is 1.62. The molecule has 0 aromatic carbocycles. The lowest BCUT2D eigenvalue weighted by Crippen LogP contribution is -2.43. The lowest BCUT2D eigenvalue weighted by molar-refractivity contribution is -0.145. The maximum absolute atomic E-state index is 10.6. The van der Waals surface area contributed by atoms with Gasteiger partial charge in [-0.1, -0.05) is 10.3 Å². The van der Waals surface area contributed by atoms with Crippen LogP contribution in [-0.4, -0.2) is 115 Å². The summed E-state index contributed by atoms with van der Waals surface area (Å²) in [6.45, 7) is 0.823. The predicted molar refractivity (Wildman–Crippen MR) is 93.2 cm³/mol. The zero-order valence-corrected chi connectivity index (χ0v) is 15.3. The summed E-state index contributed by atoms with van der Waals surface area (Å²) in [6.07, 6.45) is 0. The normalized spacial score (nSPS) is 11.7. The number of carbonyl (C=O) groups is 4. The van der Waals surface area contributed by atoms with Gasteiger partial charge in [0.25, 0.3) is 0 Å². The van der Waals surface area contributed by atoms with E-state index in [1.165, 1.54) is 13.8 Å². The Morgan fingerprint density at radius 1 is 0.607 bits per heavy atom. The minimum absolute atomic E-state index is 0.0703. The average molecular weight is 408 g/mol. The first kappa shape index (κ1) is 27.0. The van der Waals surface area contributed by atoms with Gasteiger partial charge < -0.3 is 30.8 Å². The van der Waals surface area contributed by atoms with Crippen molar-refractivity contribution < 1.29 is 50.0 Å². The van der Waals surface area contributed by atoms with E-state index in [0.717, 1.165) is 9.80 Å². The van der Waals surface area contributed by atoms with Crippen LogP contribution in [0.15, 0.2) is 10.3 Å². The van der Waals surface area contributed by atoms with Gasteiger partial charge in [0.15, 0.2) is 0 Å². The summed E-state index contributed by atoms with van der Waals surface area (Å²) < 4.78 is 0. The lowest BCUT2D eigenvalue weighted by Gasteiger charge is -2.23. The van der Waals surface area contributed by atoms with Crippen molar-refractivity contribution in [1.82, 2.24) is 9.80 Å². The molecular formula is C14H24N4O10. The minimum Gasteiger partial charge on any atom is -0.480 e. The van der Waals surface area contributed by atoms with Crippen molar-refractivity contribution in [3.05, 3.63) is 0 Å². The van der Waals surface area contributed by atoms with Gasteiger partial charge >= 0.3 is 23.9 Å². The molecule has 0 heterocycles. The third-order valence-corrected chi connectivity index (χ3v) is 2.99. The van der Waals surface area contributed by atoms with Crippen LogP contribution in [0.2, 0.25) is 0 Å². The van der Waals surface area contributed by atoms with E-state index in [0.29, 0.717) is 11.4 Å². The molecule has 0 amide bonds. The van der Waals surface area contributed by atoms with Gasteiger partial charge in [-0.15, -0.1) is 0 Å². The molecule has 0 saturated carbocycles. The molecule has 0 saturated heterocycles. The number of carboxylic acids is 4. The van der Waals surface area contributed by atoms with Gasteiger partial charge in [0.05, 0.1) is 26.2 Å². The van der Waals surface area contributed by atoms with E-state index in [2.05, 4.69) is 10.3 Å². The Bertz CT molecular complexity index is 521. The summed E-state index contributed by atoms with van der Waals surface area (Å²) >= 11 is 0. The van der Waals surface area contributed by atoms with Crippen molar-refractivity contribution in [3.8, 4) is 0 Å². The average Bonchev–Trinajstić information content (AvgIpc) is 2.56. The standard InChI is InChI=1S/C10H16N2O8.C4H8N2O2/c13-7(14)3-11(4-8(15)16)1-2-12(5-9(17)18)6-10(19)20;1-3(5-7)4(2)6-8/h1-6H2,(H,13,14)(H,15,16)(H,17,18)(H,19,20);7-8H,1-2H3. The Hall–Kier alpha value is -3.26. The topological polar surface area (TPSA) is 221 Å². The van der Waals surface area contributed by atoms with Crippen LogP contribution < -0.4 is 0 Å². The highest BCUT2D eigenvalue weighted by Gasteiger charge is 2.17. The first-order valence-corrected chi connectivity index (χ1v) is 7.62. The summed E-state index contributed by atoms with van der Waals surface area (Å²) in [5, 5.41) is 56.1. The molecule has 0 aromatic rings. The van der Waals surface area contributed by atoms with Gasteiger partial charge in [-0.25, -0.2) is 0 Å². The van der Waals surface area contributed by atoms with Gasteiger partial charge in [0.1, 0.15) is 11.4 Å². The van der Waals surface area contributed by atoms with Crippen LogP contribution >= 0.6 is 0 Å². The van der Waals surface area contributed by atoms with Crippen LogP contribution in [0, 0.1) is 0 Å². The summed E-state index contributed by atoms with van der Waals surface area (Å²) in [6, 6.07) is 0. The molecule has 0 atom stereocenters. The molecule has 0 aliphatic heterocycles. The number of carboxylic acid groups (broad SMARTS) is 4. The van der Waals surface area contributed by atoms with E-state index in [1.807, 2.05) is 0 Å². The Kier molecular flexibility index (Phi) is 14.3. The van der Waals surface area contributed by atoms with Crippen molar-refractivity contribution in [2.45, 2.75) is 13.8 Å². The quantitative estimate of drug-likeness (QED) is 0.125. The highest BCUT2D eigenvalue weighted by Crippen LogP contribution is 1.94. The molecule has 0 unspecified atom stereocenters. The largest absolute Gasteiger partial charge is 0.480 e. The van der Waals surface area contributed by atoms with Crippen molar-refractivity contribution >= 4 is 35.3 Å². The second-order valence-corrected chi connectivity index (χ2v) is 5.37. The summed E-state index contributed by atoms with van der Waals surface area (Å²) in [5.41, 5.74) is 0.625. The molecule has 6 N–H and O–H groups in total. The number of nitrogens with zero attached hydrogens (tertiary/aromatic N) is 4. The van der Waals surface area contributed by atoms with E-state index in [-0.39, 0.29) is 13.1 Å². The molecular weight excluding hydrogens is 384 g/mol. The lowest BCUT2D eigenvalue weighted by atomic mass is 10.3. The van der Waals surface area contributed by atoms with Crippen LogP contribution in [0.1, 0.15) is 13.8 Å². The van der Waals surface area contributed by atoms with E-state index in [1.54, 1.807) is 0 Å². The van der Waals surface area contributed by atoms with Gasteiger partial charge in [-0.05, 0) is 13.8 Å². The SMILES string of the molecule is CC(=NO)C(C)=NO.O=C(O)CN(CCN(CC(=O)O)CC(=O)O)CC(=O)O. The van der Waals surface area contributed by atoms with Crippen molar-refractivity contribution in [3.63, 3.8) is 0 Å². The molecule has 0 spiro atoms. The first-order chi connectivity index (χ1) is 12.9. The van der Waals surface area contributed by atoms with Crippen molar-refractivity contribution in [2.75, 3.05) is 39.3 Å². The molecule has 28 heavy (non-hydrogen) atoms. The Morgan fingerprint density at radius 3 is 0.964 bits per heavy atom. The van der Waals surface area contributed by atoms with Crippen molar-refractivity contribution in [2.24, 2.45) is 10.3 Å². The van der Waals surface area contributed by atoms with E-state index in [4.69, 9.17) is 30.8 Å². The van der Waals surface area contributed by atoms with Crippen LogP contribution in [0.5, 0.6) is 0 Å². The molecule has 0 rings (SSSR count). The Balaban J connectivity index is 0. The second-order valence-electron chi connectivity index (χ2n) is 5.37. The zero-order valence-electron chi connectivity index (χ0n) is 15.3. The molecule has 0 aliphatic rings. The molecule has 0 bridgehead atoms. The smallest absolute Gasteiger partial charge is 0.317 e. The van der Waals surface area contributed by atoms with Crippen LogP contribution in [0.4, 0.5) is 0 Å². The number of rotatable bonds is 12. The number of hydrogen-bond acceptors (Lipinski definition) is 10. The molecule has 14 heteroatoms. The van der Waals surface area contributed by atoms with Gasteiger partial charge in [-0.3, -0.25) is 29.0 Å².